The summed E-state index contributed by atoms with van der Waals surface area (Å²) in [5.41, 5.74) is 12.6. The third-order valence-electron chi connectivity index (χ3n) is 13.4. The summed E-state index contributed by atoms with van der Waals surface area (Å²) in [6.45, 7) is 4.80. The zero-order valence-corrected chi connectivity index (χ0v) is 34.7. The number of rotatable bonds is 6. The molecule has 0 saturated carbocycles. The topological polar surface area (TPSA) is 9.86 Å². The van der Waals surface area contributed by atoms with Gasteiger partial charge in [0.1, 0.15) is 0 Å². The molecule has 0 saturated heterocycles. The molecule has 0 unspecified atom stereocenters. The summed E-state index contributed by atoms with van der Waals surface area (Å²) < 4.78 is 4.95. The molecule has 12 rings (SSSR count). The van der Waals surface area contributed by atoms with Crippen LogP contribution in [0.4, 0.5) is 0 Å². The Morgan fingerprint density at radius 2 is 0.867 bits per heavy atom. The molecular formula is C57H42N2Si. The summed E-state index contributed by atoms with van der Waals surface area (Å²) in [4.78, 5) is 0. The molecule has 0 spiro atoms. The maximum absolute atomic E-state index is 2.96. The van der Waals surface area contributed by atoms with E-state index < -0.39 is 8.07 Å². The van der Waals surface area contributed by atoms with Gasteiger partial charge in [0.25, 0.3) is 0 Å². The number of hydrogen-bond donors (Lipinski definition) is 0. The normalized spacial score (nSPS) is 13.3. The maximum Gasteiger partial charge on any atom is 0.179 e. The quantitative estimate of drug-likeness (QED) is 0.117. The molecule has 0 aliphatic heterocycles. The van der Waals surface area contributed by atoms with E-state index >= 15 is 0 Å². The van der Waals surface area contributed by atoms with Gasteiger partial charge in [-0.25, -0.2) is 0 Å². The lowest BCUT2D eigenvalue weighted by Gasteiger charge is -2.35. The van der Waals surface area contributed by atoms with Gasteiger partial charge in [-0.2, -0.15) is 0 Å². The molecule has 0 N–H and O–H groups in total. The molecule has 284 valence electrons. The Morgan fingerprint density at radius 3 is 1.60 bits per heavy atom. The van der Waals surface area contributed by atoms with Crippen LogP contribution in [0.5, 0.6) is 0 Å². The monoisotopic (exact) mass is 782 g/mol. The van der Waals surface area contributed by atoms with Crippen LogP contribution >= 0.6 is 0 Å². The molecule has 3 heteroatoms. The van der Waals surface area contributed by atoms with Crippen LogP contribution in [0, 0.1) is 0 Å². The first-order valence-corrected chi connectivity index (χ1v) is 23.0. The van der Waals surface area contributed by atoms with E-state index in [1.807, 2.05) is 0 Å². The molecule has 11 aromatic rings. The molecule has 0 amide bonds. The standard InChI is InChI=1S/C57H42N2Si/c1-57(2)50-30-15-12-27-45(50)47-34-36-54-55(56(47)57)48-29-14-17-32-52(48)59(54)40-21-18-26-43(37-40)60(41-22-8-4-9-23-41,42-24-10-5-11-25-42)44-33-35-53-49(38-44)46-28-13-16-31-51(46)58(53)39-19-6-3-7-20-39/h3-38H,1-2H3. The number of fused-ring (bicyclic) bond motifs is 10. The molecular weight excluding hydrogens is 741 g/mol. The van der Waals surface area contributed by atoms with Crippen LogP contribution in [0.2, 0.25) is 0 Å². The van der Waals surface area contributed by atoms with Crippen LogP contribution in [0.3, 0.4) is 0 Å². The van der Waals surface area contributed by atoms with Crippen LogP contribution in [0.1, 0.15) is 25.0 Å². The summed E-state index contributed by atoms with van der Waals surface area (Å²) in [5, 5.41) is 10.6. The van der Waals surface area contributed by atoms with Crippen molar-refractivity contribution in [2.45, 2.75) is 19.3 Å². The van der Waals surface area contributed by atoms with Gasteiger partial charge in [0.05, 0.1) is 22.1 Å². The Kier molecular flexibility index (Phi) is 7.63. The van der Waals surface area contributed by atoms with E-state index in [1.165, 1.54) is 98.0 Å². The van der Waals surface area contributed by atoms with Crippen molar-refractivity contribution in [1.29, 1.82) is 0 Å². The van der Waals surface area contributed by atoms with Gasteiger partial charge in [-0.05, 0) is 91.5 Å². The van der Waals surface area contributed by atoms with Crippen molar-refractivity contribution < 1.29 is 0 Å². The van der Waals surface area contributed by atoms with E-state index in [0.29, 0.717) is 0 Å². The SMILES string of the molecule is CC1(C)c2ccccc2-c2ccc3c(c21)c1ccccc1n3-c1cccc([Si](c2ccccc2)(c2ccccc2)c2ccc3c(c2)c2ccccc2n3-c2ccccc2)c1. The molecule has 60 heavy (non-hydrogen) atoms. The van der Waals surface area contributed by atoms with Crippen LogP contribution in [0.15, 0.2) is 218 Å². The summed E-state index contributed by atoms with van der Waals surface area (Å²) in [6, 6.07) is 81.9. The molecule has 2 nitrogen and oxygen atoms in total. The van der Waals surface area contributed by atoms with Gasteiger partial charge < -0.3 is 9.13 Å². The molecule has 1 aliphatic carbocycles. The van der Waals surface area contributed by atoms with Crippen LogP contribution in [-0.4, -0.2) is 17.2 Å². The molecule has 0 radical (unpaired) electrons. The fraction of sp³-hybridized carbons (Fsp3) is 0.0526. The van der Waals surface area contributed by atoms with Crippen molar-refractivity contribution in [2.75, 3.05) is 0 Å². The third-order valence-corrected chi connectivity index (χ3v) is 18.2. The maximum atomic E-state index is 2.53. The van der Waals surface area contributed by atoms with E-state index in [0.717, 1.165) is 0 Å². The highest BCUT2D eigenvalue weighted by Gasteiger charge is 2.42. The number of para-hydroxylation sites is 3. The van der Waals surface area contributed by atoms with Crippen molar-refractivity contribution in [2.24, 2.45) is 0 Å². The summed E-state index contributed by atoms with van der Waals surface area (Å²) in [6.07, 6.45) is 0. The molecule has 0 atom stereocenters. The Morgan fingerprint density at radius 1 is 0.350 bits per heavy atom. The summed E-state index contributed by atoms with van der Waals surface area (Å²) >= 11 is 0. The molecule has 0 fully saturated rings. The Balaban J connectivity index is 1.15. The molecule has 1 aliphatic rings. The first-order chi connectivity index (χ1) is 29.5. The largest absolute Gasteiger partial charge is 0.309 e. The van der Waals surface area contributed by atoms with Crippen molar-refractivity contribution in [3.05, 3.63) is 230 Å². The minimum Gasteiger partial charge on any atom is -0.309 e. The van der Waals surface area contributed by atoms with E-state index in [-0.39, 0.29) is 5.41 Å². The Hall–Kier alpha value is -7.20. The van der Waals surface area contributed by atoms with Gasteiger partial charge in [0, 0.05) is 38.3 Å². The average Bonchev–Trinajstić information content (AvgIpc) is 3.91. The van der Waals surface area contributed by atoms with Gasteiger partial charge in [-0.1, -0.05) is 184 Å². The Labute approximate surface area is 351 Å². The second kappa shape index (κ2) is 13.2. The number of aromatic nitrogens is 2. The lowest BCUT2D eigenvalue weighted by Crippen LogP contribution is -2.74. The van der Waals surface area contributed by atoms with Gasteiger partial charge in [-0.15, -0.1) is 0 Å². The first kappa shape index (κ1) is 34.8. The van der Waals surface area contributed by atoms with E-state index in [2.05, 4.69) is 241 Å². The van der Waals surface area contributed by atoms with Crippen LogP contribution in [-0.2, 0) is 5.41 Å². The number of nitrogens with zero attached hydrogens (tertiary/aromatic N) is 2. The second-order valence-electron chi connectivity index (χ2n) is 16.9. The average molecular weight is 783 g/mol. The zero-order chi connectivity index (χ0) is 40.0. The fourth-order valence-electron chi connectivity index (χ4n) is 10.9. The van der Waals surface area contributed by atoms with Crippen LogP contribution in [0.25, 0.3) is 66.1 Å². The summed E-state index contributed by atoms with van der Waals surface area (Å²) in [5.74, 6) is 0. The van der Waals surface area contributed by atoms with Crippen molar-refractivity contribution in [3.63, 3.8) is 0 Å². The molecule has 2 heterocycles. The zero-order valence-electron chi connectivity index (χ0n) is 33.7. The van der Waals surface area contributed by atoms with Gasteiger partial charge in [0.15, 0.2) is 8.07 Å². The van der Waals surface area contributed by atoms with Gasteiger partial charge in [0.2, 0.25) is 0 Å². The highest BCUT2D eigenvalue weighted by atomic mass is 28.3. The lowest BCUT2D eigenvalue weighted by molar-refractivity contribution is 0.666. The smallest absolute Gasteiger partial charge is 0.179 e. The lowest BCUT2D eigenvalue weighted by atomic mass is 9.80. The predicted octanol–water partition coefficient (Wildman–Crippen LogP) is 11.6. The molecule has 2 aromatic heterocycles. The number of hydrogen-bond acceptors (Lipinski definition) is 0. The van der Waals surface area contributed by atoms with Crippen molar-refractivity contribution >= 4 is 72.4 Å². The predicted molar refractivity (Wildman–Crippen MR) is 256 cm³/mol. The highest BCUT2D eigenvalue weighted by Crippen LogP contribution is 2.53. The fourth-order valence-corrected chi connectivity index (χ4v) is 15.7. The van der Waals surface area contributed by atoms with E-state index in [9.17, 15) is 0 Å². The van der Waals surface area contributed by atoms with Gasteiger partial charge >= 0.3 is 0 Å². The van der Waals surface area contributed by atoms with E-state index in [1.54, 1.807) is 0 Å². The van der Waals surface area contributed by atoms with Crippen LogP contribution < -0.4 is 20.7 Å². The minimum absolute atomic E-state index is 0.132. The number of benzene rings is 9. The highest BCUT2D eigenvalue weighted by molar-refractivity contribution is 7.20. The first-order valence-electron chi connectivity index (χ1n) is 21.0. The minimum atomic E-state index is -2.96. The van der Waals surface area contributed by atoms with Crippen molar-refractivity contribution in [3.8, 4) is 22.5 Å². The van der Waals surface area contributed by atoms with Crippen molar-refractivity contribution in [1.82, 2.24) is 9.13 Å². The Bertz CT molecular complexity index is 3410. The van der Waals surface area contributed by atoms with Gasteiger partial charge in [-0.3, -0.25) is 0 Å². The molecule has 0 bridgehead atoms. The summed E-state index contributed by atoms with van der Waals surface area (Å²) in [7, 11) is -2.96. The molecule has 9 aromatic carbocycles. The van der Waals surface area contributed by atoms with E-state index in [4.69, 9.17) is 0 Å². The third kappa shape index (κ3) is 4.81. The second-order valence-corrected chi connectivity index (χ2v) is 20.7.